The molecule has 0 N–H and O–H groups in total. The van der Waals surface area contributed by atoms with Crippen molar-refractivity contribution in [1.29, 1.82) is 0 Å². The molecule has 2 heterocycles. The first-order valence-electron chi connectivity index (χ1n) is 12.3. The number of hydrogen-bond acceptors (Lipinski definition) is 5. The van der Waals surface area contributed by atoms with Gasteiger partial charge < -0.3 is 14.5 Å². The van der Waals surface area contributed by atoms with Crippen molar-refractivity contribution < 1.29 is 18.7 Å². The second-order valence-corrected chi connectivity index (χ2v) is 10.7. The van der Waals surface area contributed by atoms with Crippen LogP contribution in [-0.2, 0) is 17.8 Å². The van der Waals surface area contributed by atoms with Crippen LogP contribution in [0.15, 0.2) is 47.8 Å². The Morgan fingerprint density at radius 1 is 1.22 bits per heavy atom. The van der Waals surface area contributed by atoms with Crippen molar-refractivity contribution in [1.82, 2.24) is 14.8 Å². The van der Waals surface area contributed by atoms with Gasteiger partial charge in [0.05, 0.1) is 6.04 Å². The molecule has 2 amide bonds. The fraction of sp³-hybridized carbons (Fsp3) is 0.393. The molecule has 2 aromatic carbocycles. The second kappa shape index (κ2) is 10.0. The van der Waals surface area contributed by atoms with E-state index in [0.29, 0.717) is 23.0 Å². The Balaban J connectivity index is 1.38. The maximum absolute atomic E-state index is 14.2. The summed E-state index contributed by atoms with van der Waals surface area (Å²) in [6, 6.07) is 12.2. The number of aromatic nitrogens is 1. The van der Waals surface area contributed by atoms with Crippen molar-refractivity contribution in [2.24, 2.45) is 5.92 Å². The fourth-order valence-corrected chi connectivity index (χ4v) is 5.24. The van der Waals surface area contributed by atoms with Gasteiger partial charge in [-0.25, -0.2) is 9.37 Å². The molecule has 1 atom stereocenters. The van der Waals surface area contributed by atoms with E-state index >= 15 is 0 Å². The van der Waals surface area contributed by atoms with Crippen LogP contribution in [0.3, 0.4) is 0 Å². The SMILES string of the molecule is CC(C)N(C)C(=O)c1csc(COc2ccc3c(c2)C(c2cccc(F)c2)N(C(=O)C2CC2)CC3)n1. The topological polar surface area (TPSA) is 62.7 Å². The Morgan fingerprint density at radius 3 is 2.75 bits per heavy atom. The first-order chi connectivity index (χ1) is 17.3. The second-order valence-electron chi connectivity index (χ2n) is 9.80. The van der Waals surface area contributed by atoms with E-state index in [1.54, 1.807) is 23.4 Å². The van der Waals surface area contributed by atoms with E-state index in [-0.39, 0.29) is 42.2 Å². The lowest BCUT2D eigenvalue weighted by Gasteiger charge is -2.38. The average molecular weight is 508 g/mol. The number of carbonyl (C=O) groups excluding carboxylic acids is 2. The lowest BCUT2D eigenvalue weighted by atomic mass is 9.87. The minimum absolute atomic E-state index is 0.0820. The summed E-state index contributed by atoms with van der Waals surface area (Å²) in [6.45, 7) is 4.77. The Hall–Kier alpha value is -3.26. The zero-order valence-corrected chi connectivity index (χ0v) is 21.6. The third-order valence-electron chi connectivity index (χ3n) is 6.95. The minimum atomic E-state index is -0.350. The predicted octanol–water partition coefficient (Wildman–Crippen LogP) is 5.23. The molecule has 0 radical (unpaired) electrons. The molecule has 6 nitrogen and oxygen atoms in total. The van der Waals surface area contributed by atoms with Crippen LogP contribution >= 0.6 is 11.3 Å². The summed E-state index contributed by atoms with van der Waals surface area (Å²) < 4.78 is 20.2. The molecular formula is C28H30FN3O3S. The largest absolute Gasteiger partial charge is 0.486 e. The maximum atomic E-state index is 14.2. The van der Waals surface area contributed by atoms with Gasteiger partial charge in [0.25, 0.3) is 5.91 Å². The van der Waals surface area contributed by atoms with Crippen LogP contribution in [0.5, 0.6) is 5.75 Å². The van der Waals surface area contributed by atoms with Crippen molar-refractivity contribution in [3.8, 4) is 5.75 Å². The number of halogens is 1. The fourth-order valence-electron chi connectivity index (χ4n) is 4.56. The van der Waals surface area contributed by atoms with Gasteiger partial charge in [-0.15, -0.1) is 11.3 Å². The van der Waals surface area contributed by atoms with Crippen LogP contribution in [0.4, 0.5) is 4.39 Å². The number of carbonyl (C=O) groups is 2. The highest BCUT2D eigenvalue weighted by Crippen LogP contribution is 2.41. The minimum Gasteiger partial charge on any atom is -0.486 e. The number of nitrogens with zero attached hydrogens (tertiary/aromatic N) is 3. The van der Waals surface area contributed by atoms with Crippen LogP contribution in [0, 0.1) is 11.7 Å². The van der Waals surface area contributed by atoms with Gasteiger partial charge in [-0.05, 0) is 74.1 Å². The molecule has 1 fully saturated rings. The van der Waals surface area contributed by atoms with Crippen molar-refractivity contribution in [3.63, 3.8) is 0 Å². The first kappa shape index (κ1) is 24.4. The molecule has 188 valence electrons. The Morgan fingerprint density at radius 2 is 2.03 bits per heavy atom. The van der Waals surface area contributed by atoms with Crippen molar-refractivity contribution in [2.45, 2.75) is 51.8 Å². The highest BCUT2D eigenvalue weighted by Gasteiger charge is 2.39. The molecule has 1 aliphatic heterocycles. The standard InChI is InChI=1S/C28H30FN3O3S/c1-17(2)31(3)28(34)24-16-36-25(30-24)15-35-22-10-9-18-11-12-32(27(33)19-7-8-19)26(23(18)14-22)20-5-4-6-21(29)13-20/h4-6,9-10,13-14,16-17,19,26H,7-8,11-12,15H2,1-3H3. The molecule has 0 spiro atoms. The van der Waals surface area contributed by atoms with Gasteiger partial charge in [0.15, 0.2) is 0 Å². The summed E-state index contributed by atoms with van der Waals surface area (Å²) >= 11 is 1.39. The molecule has 5 rings (SSSR count). The molecule has 1 unspecified atom stereocenters. The first-order valence-corrected chi connectivity index (χ1v) is 13.2. The molecule has 0 saturated heterocycles. The lowest BCUT2D eigenvalue weighted by molar-refractivity contribution is -0.134. The zero-order valence-electron chi connectivity index (χ0n) is 20.7. The van der Waals surface area contributed by atoms with Crippen LogP contribution in [0.2, 0.25) is 0 Å². The molecule has 2 aliphatic rings. The zero-order chi connectivity index (χ0) is 25.4. The van der Waals surface area contributed by atoms with E-state index in [2.05, 4.69) is 4.98 Å². The van der Waals surface area contributed by atoms with Gasteiger partial charge in [0.2, 0.25) is 5.91 Å². The van der Waals surface area contributed by atoms with Gasteiger partial charge in [0.1, 0.15) is 28.9 Å². The third kappa shape index (κ3) is 5.00. The summed E-state index contributed by atoms with van der Waals surface area (Å²) in [5.41, 5.74) is 3.28. The van der Waals surface area contributed by atoms with Crippen molar-refractivity contribution in [2.75, 3.05) is 13.6 Å². The van der Waals surface area contributed by atoms with E-state index in [9.17, 15) is 14.0 Å². The van der Waals surface area contributed by atoms with E-state index in [0.717, 1.165) is 36.0 Å². The summed E-state index contributed by atoms with van der Waals surface area (Å²) in [5, 5.41) is 2.47. The van der Waals surface area contributed by atoms with Crippen molar-refractivity contribution >= 4 is 23.2 Å². The smallest absolute Gasteiger partial charge is 0.273 e. The number of fused-ring (bicyclic) bond motifs is 1. The molecule has 36 heavy (non-hydrogen) atoms. The van der Waals surface area contributed by atoms with Crippen LogP contribution < -0.4 is 4.74 Å². The van der Waals surface area contributed by atoms with Crippen LogP contribution in [-0.4, -0.2) is 46.2 Å². The summed E-state index contributed by atoms with van der Waals surface area (Å²) in [6.07, 6.45) is 2.60. The molecular weight excluding hydrogens is 477 g/mol. The summed E-state index contributed by atoms with van der Waals surface area (Å²) in [4.78, 5) is 33.7. The van der Waals surface area contributed by atoms with Gasteiger partial charge >= 0.3 is 0 Å². The Bertz CT molecular complexity index is 1290. The number of thiazole rings is 1. The Labute approximate surface area is 214 Å². The number of rotatable bonds is 7. The van der Waals surface area contributed by atoms with Gasteiger partial charge in [-0.1, -0.05) is 18.2 Å². The Kier molecular flexibility index (Phi) is 6.79. The highest BCUT2D eigenvalue weighted by molar-refractivity contribution is 7.09. The van der Waals surface area contributed by atoms with Crippen LogP contribution in [0.1, 0.15) is 64.9 Å². The predicted molar refractivity (Wildman–Crippen MR) is 137 cm³/mol. The van der Waals surface area contributed by atoms with Gasteiger partial charge in [-0.2, -0.15) is 0 Å². The molecule has 3 aromatic rings. The molecule has 1 aromatic heterocycles. The molecule has 1 saturated carbocycles. The number of hydrogen-bond donors (Lipinski definition) is 0. The number of benzene rings is 2. The molecule has 8 heteroatoms. The molecule has 0 bridgehead atoms. The average Bonchev–Trinajstić information content (AvgIpc) is 3.62. The lowest BCUT2D eigenvalue weighted by Crippen LogP contribution is -2.41. The van der Waals surface area contributed by atoms with Gasteiger partial charge in [-0.3, -0.25) is 9.59 Å². The van der Waals surface area contributed by atoms with E-state index in [1.165, 1.54) is 23.5 Å². The van der Waals surface area contributed by atoms with E-state index in [4.69, 9.17) is 4.74 Å². The quantitative estimate of drug-likeness (QED) is 0.440. The highest BCUT2D eigenvalue weighted by atomic mass is 32.1. The monoisotopic (exact) mass is 507 g/mol. The number of ether oxygens (including phenoxy) is 1. The van der Waals surface area contributed by atoms with Gasteiger partial charge in [0, 0.05) is 30.9 Å². The maximum Gasteiger partial charge on any atom is 0.273 e. The molecule has 1 aliphatic carbocycles. The summed E-state index contributed by atoms with van der Waals surface area (Å²) in [7, 11) is 1.77. The number of amides is 2. The van der Waals surface area contributed by atoms with Crippen molar-refractivity contribution in [3.05, 3.63) is 81.1 Å². The summed E-state index contributed by atoms with van der Waals surface area (Å²) in [5.74, 6) is 0.451. The third-order valence-corrected chi connectivity index (χ3v) is 7.77. The van der Waals surface area contributed by atoms with Crippen LogP contribution in [0.25, 0.3) is 0 Å². The normalized spacial score (nSPS) is 17.1. The van der Waals surface area contributed by atoms with E-state index < -0.39 is 0 Å². The van der Waals surface area contributed by atoms with E-state index in [1.807, 2.05) is 43.0 Å².